The molecule has 0 amide bonds. The van der Waals surface area contributed by atoms with Gasteiger partial charge in [-0.05, 0) is 37.3 Å². The minimum atomic E-state index is 0.463. The van der Waals surface area contributed by atoms with E-state index in [9.17, 15) is 0 Å². The van der Waals surface area contributed by atoms with Crippen LogP contribution in [0, 0.1) is 5.92 Å². The summed E-state index contributed by atoms with van der Waals surface area (Å²) in [5, 5.41) is 7.08. The third-order valence-corrected chi connectivity index (χ3v) is 4.86. The Hall–Kier alpha value is -1.55. The van der Waals surface area contributed by atoms with E-state index in [-0.39, 0.29) is 0 Å². The maximum absolute atomic E-state index is 4.40. The second kappa shape index (κ2) is 8.34. The highest BCUT2D eigenvalue weighted by Gasteiger charge is 2.31. The molecule has 1 aromatic rings. The number of hydrogen-bond acceptors (Lipinski definition) is 2. The van der Waals surface area contributed by atoms with E-state index in [0.717, 1.165) is 32.0 Å². The summed E-state index contributed by atoms with van der Waals surface area (Å²) in [6.07, 6.45) is 1.06. The fraction of sp³-hybridized carbons (Fsp3) is 0.632. The lowest BCUT2D eigenvalue weighted by Crippen LogP contribution is -2.46. The molecular weight excluding hydrogens is 284 g/mol. The van der Waals surface area contributed by atoms with E-state index in [1.54, 1.807) is 0 Å². The summed E-state index contributed by atoms with van der Waals surface area (Å²) in [5.41, 5.74) is 2.75. The van der Waals surface area contributed by atoms with E-state index < -0.39 is 0 Å². The minimum absolute atomic E-state index is 0.463. The number of aliphatic imine (C=N–C) groups is 1. The molecule has 0 aliphatic carbocycles. The highest BCUT2D eigenvalue weighted by atomic mass is 15.3. The number of nitrogens with one attached hydrogen (secondary N) is 2. The summed E-state index contributed by atoms with van der Waals surface area (Å²) in [6.45, 7) is 12.1. The molecule has 1 aliphatic rings. The number of guanidine groups is 1. The average Bonchev–Trinajstić information content (AvgIpc) is 2.92. The number of nitrogens with zero attached hydrogens (tertiary/aromatic N) is 2. The van der Waals surface area contributed by atoms with Crippen molar-refractivity contribution in [2.75, 3.05) is 20.1 Å². The number of rotatable bonds is 5. The summed E-state index contributed by atoms with van der Waals surface area (Å²) < 4.78 is 0. The normalized spacial score (nSPS) is 22.6. The van der Waals surface area contributed by atoms with Crippen molar-refractivity contribution in [2.45, 2.75) is 52.7 Å². The van der Waals surface area contributed by atoms with Gasteiger partial charge in [-0.25, -0.2) is 0 Å². The lowest BCUT2D eigenvalue weighted by Gasteiger charge is -2.22. The third-order valence-electron chi connectivity index (χ3n) is 4.86. The Labute approximate surface area is 141 Å². The second-order valence-corrected chi connectivity index (χ2v) is 6.82. The summed E-state index contributed by atoms with van der Waals surface area (Å²) in [6, 6.07) is 9.67. The van der Waals surface area contributed by atoms with Gasteiger partial charge in [0, 0.05) is 38.8 Å². The molecule has 128 valence electrons. The number of hydrogen-bond donors (Lipinski definition) is 2. The maximum atomic E-state index is 4.40. The van der Waals surface area contributed by atoms with Crippen LogP contribution < -0.4 is 10.6 Å². The van der Waals surface area contributed by atoms with E-state index in [4.69, 9.17) is 0 Å². The first-order valence-electron chi connectivity index (χ1n) is 8.83. The van der Waals surface area contributed by atoms with E-state index in [1.807, 2.05) is 7.05 Å². The molecule has 4 heteroatoms. The third kappa shape index (κ3) is 4.71. The van der Waals surface area contributed by atoms with Crippen LogP contribution in [0.25, 0.3) is 0 Å². The monoisotopic (exact) mass is 316 g/mol. The molecule has 1 aliphatic heterocycles. The SMILES string of the molecule is CCc1ccccc1CNC(=NC)NC1CN(C(C)C)CC1C. The zero-order chi connectivity index (χ0) is 16.8. The Kier molecular flexibility index (Phi) is 6.46. The van der Waals surface area contributed by atoms with Crippen LogP contribution in [0.5, 0.6) is 0 Å². The Bertz CT molecular complexity index is 524. The molecule has 1 saturated heterocycles. The molecule has 2 atom stereocenters. The molecule has 0 saturated carbocycles. The zero-order valence-electron chi connectivity index (χ0n) is 15.3. The van der Waals surface area contributed by atoms with Crippen molar-refractivity contribution < 1.29 is 0 Å². The van der Waals surface area contributed by atoms with Gasteiger partial charge in [0.15, 0.2) is 5.96 Å². The molecule has 1 heterocycles. The molecule has 4 nitrogen and oxygen atoms in total. The number of likely N-dealkylation sites (tertiary alicyclic amines) is 1. The fourth-order valence-corrected chi connectivity index (χ4v) is 3.24. The van der Waals surface area contributed by atoms with Gasteiger partial charge in [-0.15, -0.1) is 0 Å². The quantitative estimate of drug-likeness (QED) is 0.648. The van der Waals surface area contributed by atoms with E-state index in [1.165, 1.54) is 11.1 Å². The summed E-state index contributed by atoms with van der Waals surface area (Å²) in [7, 11) is 1.85. The minimum Gasteiger partial charge on any atom is -0.352 e. The Morgan fingerprint density at radius 2 is 1.96 bits per heavy atom. The van der Waals surface area contributed by atoms with Crippen LogP contribution in [0.4, 0.5) is 0 Å². The Morgan fingerprint density at radius 1 is 1.26 bits per heavy atom. The van der Waals surface area contributed by atoms with Gasteiger partial charge in [-0.1, -0.05) is 38.1 Å². The highest BCUT2D eigenvalue weighted by Crippen LogP contribution is 2.18. The van der Waals surface area contributed by atoms with Crippen molar-refractivity contribution in [1.82, 2.24) is 15.5 Å². The van der Waals surface area contributed by atoms with Crippen LogP contribution in [-0.4, -0.2) is 43.1 Å². The standard InChI is InChI=1S/C19H32N4/c1-6-16-9-7-8-10-17(16)11-21-19(20-5)22-18-13-23(14(2)3)12-15(18)4/h7-10,14-15,18H,6,11-13H2,1-5H3,(H2,20,21,22). The molecule has 1 fully saturated rings. The molecular formula is C19H32N4. The average molecular weight is 316 g/mol. The summed E-state index contributed by atoms with van der Waals surface area (Å²) in [5.74, 6) is 1.54. The lowest BCUT2D eigenvalue weighted by atomic mass is 10.1. The van der Waals surface area contributed by atoms with Crippen LogP contribution in [0.2, 0.25) is 0 Å². The van der Waals surface area contributed by atoms with Gasteiger partial charge in [-0.2, -0.15) is 0 Å². The Morgan fingerprint density at radius 3 is 2.52 bits per heavy atom. The van der Waals surface area contributed by atoms with Gasteiger partial charge in [0.2, 0.25) is 0 Å². The Balaban J connectivity index is 1.91. The van der Waals surface area contributed by atoms with Gasteiger partial charge in [0.1, 0.15) is 0 Å². The first kappa shape index (κ1) is 17.8. The van der Waals surface area contributed by atoms with E-state index in [2.05, 4.69) is 72.5 Å². The predicted molar refractivity (Wildman–Crippen MR) is 98.8 cm³/mol. The first-order valence-corrected chi connectivity index (χ1v) is 8.83. The molecule has 0 aromatic heterocycles. The predicted octanol–water partition coefficient (Wildman–Crippen LogP) is 2.64. The van der Waals surface area contributed by atoms with Crippen molar-refractivity contribution in [3.63, 3.8) is 0 Å². The lowest BCUT2D eigenvalue weighted by molar-refractivity contribution is 0.265. The molecule has 0 bridgehead atoms. The molecule has 0 spiro atoms. The van der Waals surface area contributed by atoms with Gasteiger partial charge >= 0.3 is 0 Å². The van der Waals surface area contributed by atoms with Crippen LogP contribution in [-0.2, 0) is 13.0 Å². The second-order valence-electron chi connectivity index (χ2n) is 6.82. The van der Waals surface area contributed by atoms with Crippen molar-refractivity contribution in [2.24, 2.45) is 10.9 Å². The molecule has 0 radical (unpaired) electrons. The van der Waals surface area contributed by atoms with Crippen molar-refractivity contribution >= 4 is 5.96 Å². The van der Waals surface area contributed by atoms with Crippen LogP contribution in [0.15, 0.2) is 29.3 Å². The van der Waals surface area contributed by atoms with E-state index >= 15 is 0 Å². The van der Waals surface area contributed by atoms with Crippen molar-refractivity contribution in [3.05, 3.63) is 35.4 Å². The van der Waals surface area contributed by atoms with Gasteiger partial charge in [0.05, 0.1) is 0 Å². The van der Waals surface area contributed by atoms with Crippen LogP contribution in [0.3, 0.4) is 0 Å². The summed E-state index contributed by atoms with van der Waals surface area (Å²) in [4.78, 5) is 6.93. The van der Waals surface area contributed by atoms with Crippen LogP contribution in [0.1, 0.15) is 38.8 Å². The van der Waals surface area contributed by atoms with Crippen LogP contribution >= 0.6 is 0 Å². The summed E-state index contributed by atoms with van der Waals surface area (Å²) >= 11 is 0. The highest BCUT2D eigenvalue weighted by molar-refractivity contribution is 5.80. The topological polar surface area (TPSA) is 39.7 Å². The number of benzene rings is 1. The molecule has 2 rings (SSSR count). The maximum Gasteiger partial charge on any atom is 0.191 e. The first-order chi connectivity index (χ1) is 11.0. The molecule has 23 heavy (non-hydrogen) atoms. The number of aryl methyl sites for hydroxylation is 1. The zero-order valence-corrected chi connectivity index (χ0v) is 15.3. The van der Waals surface area contributed by atoms with Gasteiger partial charge in [-0.3, -0.25) is 9.89 Å². The van der Waals surface area contributed by atoms with Gasteiger partial charge < -0.3 is 10.6 Å². The fourth-order valence-electron chi connectivity index (χ4n) is 3.24. The smallest absolute Gasteiger partial charge is 0.191 e. The van der Waals surface area contributed by atoms with E-state index in [0.29, 0.717) is 18.0 Å². The largest absolute Gasteiger partial charge is 0.352 e. The van der Waals surface area contributed by atoms with Crippen molar-refractivity contribution in [3.8, 4) is 0 Å². The molecule has 1 aromatic carbocycles. The van der Waals surface area contributed by atoms with Gasteiger partial charge in [0.25, 0.3) is 0 Å². The van der Waals surface area contributed by atoms with Crippen molar-refractivity contribution in [1.29, 1.82) is 0 Å². The molecule has 2 unspecified atom stereocenters. The molecule has 2 N–H and O–H groups in total.